The summed E-state index contributed by atoms with van der Waals surface area (Å²) in [4.78, 5) is 55.4. The van der Waals surface area contributed by atoms with Crippen LogP contribution in [0.5, 0.6) is 0 Å². The number of nitro groups is 6. The summed E-state index contributed by atoms with van der Waals surface area (Å²) in [6, 6.07) is 0. The maximum atomic E-state index is 14.2. The van der Waals surface area contributed by atoms with Crippen LogP contribution in [0.25, 0.3) is 0 Å². The summed E-state index contributed by atoms with van der Waals surface area (Å²) in [5, 5.41) is 64.1. The van der Waals surface area contributed by atoms with E-state index in [1.807, 2.05) is 0 Å². The molecule has 0 saturated heterocycles. The van der Waals surface area contributed by atoms with Crippen molar-refractivity contribution in [2.75, 3.05) is 0 Å². The zero-order valence-electron chi connectivity index (χ0n) is 13.1. The van der Waals surface area contributed by atoms with E-state index < -0.39 is 64.8 Å². The standard InChI is InChI=1S/C6F3N9O12/c7-4(13(19)20,14(21)22)1-10-2(5(8,15(23)24)16(25)26)12-3(11-1)6(9,17(27)28)18(29)30. The number of nitrogens with zero attached hydrogens (tertiary/aromatic N) is 9. The molecule has 30 heavy (non-hydrogen) atoms. The number of halogens is 3. The Kier molecular flexibility index (Phi) is 5.41. The first-order chi connectivity index (χ1) is 13.5. The predicted octanol–water partition coefficient (Wildman–Crippen LogP) is -1.23. The van der Waals surface area contributed by atoms with Crippen LogP contribution in [0.15, 0.2) is 0 Å². The lowest BCUT2D eigenvalue weighted by Crippen LogP contribution is -2.47. The fraction of sp³-hybridized carbons (Fsp3) is 0.500. The third-order valence-corrected chi connectivity index (χ3v) is 2.94. The molecular formula is C6F3N9O12. The molecule has 0 bridgehead atoms. The van der Waals surface area contributed by atoms with Crippen molar-refractivity contribution in [2.24, 2.45) is 0 Å². The highest BCUT2D eigenvalue weighted by Gasteiger charge is 2.72. The van der Waals surface area contributed by atoms with Crippen molar-refractivity contribution in [2.45, 2.75) is 17.7 Å². The molecule has 0 saturated carbocycles. The molecule has 0 spiro atoms. The first kappa shape index (κ1) is 23.2. The van der Waals surface area contributed by atoms with Gasteiger partial charge in [0.05, 0.1) is 0 Å². The van der Waals surface area contributed by atoms with Crippen molar-refractivity contribution in [1.82, 2.24) is 15.0 Å². The Morgan fingerprint density at radius 3 is 0.700 bits per heavy atom. The molecular weight excluding hydrogens is 447 g/mol. The van der Waals surface area contributed by atoms with Crippen LogP contribution in [0.4, 0.5) is 13.2 Å². The van der Waals surface area contributed by atoms with Crippen molar-refractivity contribution >= 4 is 0 Å². The Labute approximate surface area is 155 Å². The first-order valence-corrected chi connectivity index (χ1v) is 6.19. The molecule has 0 aliphatic heterocycles. The van der Waals surface area contributed by atoms with Crippen LogP contribution in [-0.2, 0) is 17.7 Å². The summed E-state index contributed by atoms with van der Waals surface area (Å²) in [6.45, 7) is 0. The molecule has 0 atom stereocenters. The summed E-state index contributed by atoms with van der Waals surface area (Å²) in [7, 11) is 0. The zero-order chi connectivity index (χ0) is 23.8. The molecule has 1 aromatic rings. The number of hydrogen-bond acceptors (Lipinski definition) is 15. The van der Waals surface area contributed by atoms with Crippen LogP contribution in [-0.4, -0.2) is 44.5 Å². The van der Waals surface area contributed by atoms with Crippen LogP contribution in [0, 0.1) is 60.7 Å². The largest absolute Gasteiger partial charge is 0.678 e. The van der Waals surface area contributed by atoms with E-state index in [2.05, 4.69) is 15.0 Å². The van der Waals surface area contributed by atoms with Gasteiger partial charge in [-0.05, 0) is 0 Å². The van der Waals surface area contributed by atoms with Gasteiger partial charge in [-0.25, -0.2) is 0 Å². The average molecular weight is 447 g/mol. The Hall–Kier alpha value is -4.80. The van der Waals surface area contributed by atoms with Crippen LogP contribution in [0.2, 0.25) is 0 Å². The maximum absolute atomic E-state index is 14.2. The van der Waals surface area contributed by atoms with Gasteiger partial charge in [0.1, 0.15) is 29.5 Å². The smallest absolute Gasteiger partial charge is 0.256 e. The van der Waals surface area contributed by atoms with Crippen molar-refractivity contribution in [1.29, 1.82) is 0 Å². The van der Waals surface area contributed by atoms with E-state index in [9.17, 15) is 73.9 Å². The van der Waals surface area contributed by atoms with E-state index in [-0.39, 0.29) is 0 Å². The van der Waals surface area contributed by atoms with Gasteiger partial charge in [0, 0.05) is 0 Å². The highest BCUT2D eigenvalue weighted by molar-refractivity contribution is 5.05. The summed E-state index contributed by atoms with van der Waals surface area (Å²) in [5.74, 6) is -24.5. The fourth-order valence-electron chi connectivity index (χ4n) is 1.49. The minimum Gasteiger partial charge on any atom is -0.256 e. The summed E-state index contributed by atoms with van der Waals surface area (Å²) in [6.07, 6.45) is 0. The summed E-state index contributed by atoms with van der Waals surface area (Å²) < 4.78 is 42.7. The second-order valence-electron chi connectivity index (χ2n) is 4.61. The normalized spacial score (nSPS) is 12.1. The maximum Gasteiger partial charge on any atom is 0.678 e. The SMILES string of the molecule is O=[N+]([O-])C(F)(c1nc(C(F)([N+](=O)[O-])[N+](=O)[O-])nc(C(F)([N+](=O)[O-])[N+](=O)[O-])n1)[N+](=O)[O-]. The van der Waals surface area contributed by atoms with Crippen LogP contribution >= 0.6 is 0 Å². The van der Waals surface area contributed by atoms with Crippen LogP contribution in [0.3, 0.4) is 0 Å². The van der Waals surface area contributed by atoms with E-state index in [1.54, 1.807) is 0 Å². The van der Waals surface area contributed by atoms with Crippen molar-refractivity contribution < 1.29 is 42.7 Å². The minimum absolute atomic E-state index is 2.14. The highest BCUT2D eigenvalue weighted by Crippen LogP contribution is 2.32. The second kappa shape index (κ2) is 6.98. The van der Waals surface area contributed by atoms with Gasteiger partial charge >= 0.3 is 35.2 Å². The molecule has 0 N–H and O–H groups in total. The average Bonchev–Trinajstić information content (AvgIpc) is 2.64. The Morgan fingerprint density at radius 2 is 0.600 bits per heavy atom. The van der Waals surface area contributed by atoms with Gasteiger partial charge in [-0.1, -0.05) is 13.2 Å². The van der Waals surface area contributed by atoms with Gasteiger partial charge in [-0.2, -0.15) is 15.0 Å². The monoisotopic (exact) mass is 447 g/mol. The molecule has 162 valence electrons. The van der Waals surface area contributed by atoms with Crippen molar-refractivity contribution in [3.8, 4) is 0 Å². The van der Waals surface area contributed by atoms with Gasteiger partial charge in [-0.15, -0.1) is 0 Å². The highest BCUT2D eigenvalue weighted by atomic mass is 19.2. The quantitative estimate of drug-likeness (QED) is 0.185. The molecule has 0 aliphatic rings. The van der Waals surface area contributed by atoms with Crippen molar-refractivity contribution in [3.05, 3.63) is 78.2 Å². The van der Waals surface area contributed by atoms with Gasteiger partial charge in [0.15, 0.2) is 0 Å². The van der Waals surface area contributed by atoms with E-state index in [0.717, 1.165) is 0 Å². The molecule has 21 nitrogen and oxygen atoms in total. The molecule has 0 aliphatic carbocycles. The lowest BCUT2D eigenvalue weighted by molar-refractivity contribution is -0.852. The van der Waals surface area contributed by atoms with E-state index in [0.29, 0.717) is 0 Å². The number of alkyl halides is 3. The summed E-state index contributed by atoms with van der Waals surface area (Å²) in [5.41, 5.74) is 0. The predicted molar refractivity (Wildman–Crippen MR) is 70.2 cm³/mol. The fourth-order valence-corrected chi connectivity index (χ4v) is 1.49. The lowest BCUT2D eigenvalue weighted by Gasteiger charge is -2.12. The van der Waals surface area contributed by atoms with Crippen LogP contribution in [0.1, 0.15) is 17.5 Å². The van der Waals surface area contributed by atoms with Gasteiger partial charge < -0.3 is 0 Å². The second-order valence-corrected chi connectivity index (χ2v) is 4.61. The molecule has 1 rings (SSSR count). The molecule has 24 heteroatoms. The van der Waals surface area contributed by atoms with E-state index >= 15 is 0 Å². The molecule has 0 fully saturated rings. The summed E-state index contributed by atoms with van der Waals surface area (Å²) >= 11 is 0. The van der Waals surface area contributed by atoms with E-state index in [4.69, 9.17) is 0 Å². The number of hydrogen-bond donors (Lipinski definition) is 0. The molecule has 1 heterocycles. The molecule has 1 aromatic heterocycles. The minimum atomic E-state index is -5.38. The third-order valence-electron chi connectivity index (χ3n) is 2.94. The van der Waals surface area contributed by atoms with E-state index in [1.165, 1.54) is 0 Å². The Bertz CT molecular complexity index is 822. The Balaban J connectivity index is 4.23. The molecule has 0 radical (unpaired) electrons. The molecule has 0 aromatic carbocycles. The number of rotatable bonds is 9. The third kappa shape index (κ3) is 3.05. The topological polar surface area (TPSA) is 298 Å². The van der Waals surface area contributed by atoms with Gasteiger partial charge in [-0.3, -0.25) is 60.7 Å². The zero-order valence-corrected chi connectivity index (χ0v) is 13.1. The lowest BCUT2D eigenvalue weighted by atomic mass is 10.3. The van der Waals surface area contributed by atoms with Gasteiger partial charge in [0.25, 0.3) is 0 Å². The Morgan fingerprint density at radius 1 is 0.467 bits per heavy atom. The number of aromatic nitrogens is 3. The molecule has 0 unspecified atom stereocenters. The van der Waals surface area contributed by atoms with Crippen LogP contribution < -0.4 is 0 Å². The molecule has 0 amide bonds. The van der Waals surface area contributed by atoms with Crippen molar-refractivity contribution in [3.63, 3.8) is 0 Å². The van der Waals surface area contributed by atoms with Gasteiger partial charge in [0.2, 0.25) is 0 Å². The first-order valence-electron chi connectivity index (χ1n) is 6.19.